The zero-order valence-corrected chi connectivity index (χ0v) is 8.01. The number of halogens is 3. The summed E-state index contributed by atoms with van der Waals surface area (Å²) < 4.78 is 38.3. The summed E-state index contributed by atoms with van der Waals surface area (Å²) in [4.78, 5) is 11.1. The number of aliphatic hydroxyl groups is 1. The van der Waals surface area contributed by atoms with E-state index in [1.54, 1.807) is 0 Å². The van der Waals surface area contributed by atoms with Crippen LogP contribution in [0.3, 0.4) is 0 Å². The van der Waals surface area contributed by atoms with Gasteiger partial charge in [0.05, 0.1) is 12.3 Å². The lowest BCUT2D eigenvalue weighted by Crippen LogP contribution is -2.38. The number of nitrogens with one attached hydrogen (secondary N) is 1. The molecule has 0 heterocycles. The minimum Gasteiger partial charge on any atom is -0.394 e. The quantitative estimate of drug-likeness (QED) is 0.661. The van der Waals surface area contributed by atoms with Gasteiger partial charge >= 0.3 is 0 Å². The van der Waals surface area contributed by atoms with Gasteiger partial charge in [-0.2, -0.15) is 0 Å². The van der Waals surface area contributed by atoms with Crippen molar-refractivity contribution < 1.29 is 23.1 Å². The lowest BCUT2D eigenvalue weighted by atomic mass is 10.2. The number of carbonyl (C=O) groups excluding carboxylic acids is 1. The maximum atomic E-state index is 13.1. The highest BCUT2D eigenvalue weighted by Crippen LogP contribution is 2.19. The van der Waals surface area contributed by atoms with Crippen molar-refractivity contribution in [3.05, 3.63) is 29.6 Å². The maximum Gasteiger partial charge on any atom is 0.243 e. The first-order chi connectivity index (χ1) is 7.47. The Bertz CT molecular complexity index is 412. The van der Waals surface area contributed by atoms with Gasteiger partial charge in [0.2, 0.25) is 5.91 Å². The fourth-order valence-electron chi connectivity index (χ4n) is 0.931. The van der Waals surface area contributed by atoms with Gasteiger partial charge in [-0.15, -0.1) is 0 Å². The van der Waals surface area contributed by atoms with Gasteiger partial charge < -0.3 is 16.2 Å². The van der Waals surface area contributed by atoms with E-state index in [4.69, 9.17) is 10.8 Å². The Kier molecular flexibility index (Phi) is 3.86. The molecule has 0 aliphatic heterocycles. The molecule has 0 aromatic heterocycles. The molecule has 16 heavy (non-hydrogen) atoms. The summed E-state index contributed by atoms with van der Waals surface area (Å²) in [5.74, 6) is -5.46. The first kappa shape index (κ1) is 12.5. The number of aliphatic hydroxyl groups excluding tert-OH is 1. The Hall–Kier alpha value is -1.60. The van der Waals surface area contributed by atoms with E-state index in [1.807, 2.05) is 5.32 Å². The molecule has 88 valence electrons. The minimum absolute atomic E-state index is 0.534. The first-order valence-corrected chi connectivity index (χ1v) is 4.28. The molecule has 0 fully saturated rings. The van der Waals surface area contributed by atoms with Gasteiger partial charge in [-0.3, -0.25) is 4.79 Å². The van der Waals surface area contributed by atoms with E-state index in [2.05, 4.69) is 0 Å². The van der Waals surface area contributed by atoms with Crippen molar-refractivity contribution in [2.45, 2.75) is 6.04 Å². The van der Waals surface area contributed by atoms with Crippen molar-refractivity contribution in [1.82, 2.24) is 0 Å². The fraction of sp³-hybridized carbons (Fsp3) is 0.222. The number of amides is 1. The second-order valence-electron chi connectivity index (χ2n) is 3.00. The molecule has 1 aromatic carbocycles. The van der Waals surface area contributed by atoms with E-state index < -0.39 is 41.7 Å². The monoisotopic (exact) mass is 234 g/mol. The summed E-state index contributed by atoms with van der Waals surface area (Å²) in [5, 5.41) is 10.5. The summed E-state index contributed by atoms with van der Waals surface area (Å²) in [6.07, 6.45) is 0. The van der Waals surface area contributed by atoms with E-state index in [0.29, 0.717) is 6.07 Å². The Morgan fingerprint density at radius 2 is 2.00 bits per heavy atom. The second-order valence-corrected chi connectivity index (χ2v) is 3.00. The van der Waals surface area contributed by atoms with Crippen molar-refractivity contribution >= 4 is 11.6 Å². The minimum atomic E-state index is -1.68. The normalized spacial score (nSPS) is 12.3. The highest BCUT2D eigenvalue weighted by molar-refractivity contribution is 5.94. The summed E-state index contributed by atoms with van der Waals surface area (Å²) in [6, 6.07) is 0.265. The van der Waals surface area contributed by atoms with Crippen molar-refractivity contribution in [1.29, 1.82) is 0 Å². The van der Waals surface area contributed by atoms with Gasteiger partial charge in [0.15, 0.2) is 17.5 Å². The van der Waals surface area contributed by atoms with Crippen LogP contribution >= 0.6 is 0 Å². The SMILES string of the molecule is NC(CO)C(=O)Nc1ccc(F)c(F)c1F. The van der Waals surface area contributed by atoms with E-state index in [-0.39, 0.29) is 0 Å². The number of hydrogen-bond acceptors (Lipinski definition) is 3. The number of anilines is 1. The van der Waals surface area contributed by atoms with Crippen molar-refractivity contribution in [2.75, 3.05) is 11.9 Å². The molecular formula is C9H9F3N2O2. The fourth-order valence-corrected chi connectivity index (χ4v) is 0.931. The van der Waals surface area contributed by atoms with Crippen LogP contribution in [0, 0.1) is 17.5 Å². The molecule has 0 bridgehead atoms. The molecule has 0 saturated carbocycles. The van der Waals surface area contributed by atoms with Crippen LogP contribution in [0.5, 0.6) is 0 Å². The zero-order valence-electron chi connectivity index (χ0n) is 8.01. The second kappa shape index (κ2) is 4.95. The van der Waals surface area contributed by atoms with E-state index in [1.165, 1.54) is 0 Å². The largest absolute Gasteiger partial charge is 0.394 e. The Morgan fingerprint density at radius 1 is 1.38 bits per heavy atom. The third-order valence-electron chi connectivity index (χ3n) is 1.83. The molecule has 0 radical (unpaired) electrons. The smallest absolute Gasteiger partial charge is 0.243 e. The number of benzene rings is 1. The van der Waals surface area contributed by atoms with Crippen LogP contribution in [-0.2, 0) is 4.79 Å². The predicted octanol–water partition coefficient (Wildman–Crippen LogP) is 0.362. The highest BCUT2D eigenvalue weighted by atomic mass is 19.2. The summed E-state index contributed by atoms with van der Waals surface area (Å²) >= 11 is 0. The van der Waals surface area contributed by atoms with Crippen molar-refractivity contribution in [2.24, 2.45) is 5.73 Å². The molecule has 4 nitrogen and oxygen atoms in total. The van der Waals surface area contributed by atoms with Gasteiger partial charge in [-0.1, -0.05) is 0 Å². The molecule has 1 rings (SSSR count). The van der Waals surface area contributed by atoms with Crippen LogP contribution in [0.4, 0.5) is 18.9 Å². The van der Waals surface area contributed by atoms with E-state index >= 15 is 0 Å². The molecule has 1 atom stereocenters. The number of carbonyl (C=O) groups is 1. The molecule has 0 aliphatic carbocycles. The standard InChI is InChI=1S/C9H9F3N2O2/c10-4-1-2-6(8(12)7(4)11)14-9(16)5(13)3-15/h1-2,5,15H,3,13H2,(H,14,16). The average Bonchev–Trinajstić information content (AvgIpc) is 2.28. The molecule has 0 spiro atoms. The lowest BCUT2D eigenvalue weighted by molar-refractivity contribution is -0.118. The molecular weight excluding hydrogens is 225 g/mol. The Labute approximate surface area is 88.9 Å². The lowest BCUT2D eigenvalue weighted by Gasteiger charge is -2.10. The van der Waals surface area contributed by atoms with Crippen LogP contribution in [0.1, 0.15) is 0 Å². The third kappa shape index (κ3) is 2.50. The van der Waals surface area contributed by atoms with E-state index in [0.717, 1.165) is 6.07 Å². The zero-order chi connectivity index (χ0) is 12.3. The number of hydrogen-bond donors (Lipinski definition) is 3. The molecule has 0 saturated heterocycles. The van der Waals surface area contributed by atoms with Crippen LogP contribution in [0.2, 0.25) is 0 Å². The summed E-state index contributed by atoms with van der Waals surface area (Å²) in [7, 11) is 0. The Morgan fingerprint density at radius 3 is 2.56 bits per heavy atom. The third-order valence-corrected chi connectivity index (χ3v) is 1.83. The van der Waals surface area contributed by atoms with Gasteiger partial charge in [0, 0.05) is 0 Å². The van der Waals surface area contributed by atoms with Gasteiger partial charge in [-0.05, 0) is 12.1 Å². The molecule has 1 aromatic rings. The van der Waals surface area contributed by atoms with Crippen LogP contribution in [-0.4, -0.2) is 23.7 Å². The van der Waals surface area contributed by atoms with Gasteiger partial charge in [0.1, 0.15) is 6.04 Å². The first-order valence-electron chi connectivity index (χ1n) is 4.28. The van der Waals surface area contributed by atoms with Crippen LogP contribution in [0.25, 0.3) is 0 Å². The molecule has 4 N–H and O–H groups in total. The predicted molar refractivity (Wildman–Crippen MR) is 50.0 cm³/mol. The molecule has 1 unspecified atom stereocenters. The van der Waals surface area contributed by atoms with Gasteiger partial charge in [-0.25, -0.2) is 13.2 Å². The average molecular weight is 234 g/mol. The summed E-state index contributed by atoms with van der Waals surface area (Å²) in [5.41, 5.74) is 4.60. The van der Waals surface area contributed by atoms with E-state index in [9.17, 15) is 18.0 Å². The van der Waals surface area contributed by atoms with Crippen molar-refractivity contribution in [3.63, 3.8) is 0 Å². The molecule has 7 heteroatoms. The molecule has 0 aliphatic rings. The van der Waals surface area contributed by atoms with Crippen molar-refractivity contribution in [3.8, 4) is 0 Å². The van der Waals surface area contributed by atoms with Crippen LogP contribution < -0.4 is 11.1 Å². The molecule has 1 amide bonds. The number of rotatable bonds is 3. The van der Waals surface area contributed by atoms with Crippen LogP contribution in [0.15, 0.2) is 12.1 Å². The Balaban J connectivity index is 2.91. The topological polar surface area (TPSA) is 75.3 Å². The highest BCUT2D eigenvalue weighted by Gasteiger charge is 2.18. The number of nitrogens with two attached hydrogens (primary N) is 1. The maximum absolute atomic E-state index is 13.1. The van der Waals surface area contributed by atoms with Gasteiger partial charge in [0.25, 0.3) is 0 Å². The summed E-state index contributed by atoms with van der Waals surface area (Å²) in [6.45, 7) is -0.642.